The van der Waals surface area contributed by atoms with E-state index in [-0.39, 0.29) is 5.78 Å². The Balaban J connectivity index is 1.84. The van der Waals surface area contributed by atoms with Crippen molar-refractivity contribution in [3.63, 3.8) is 0 Å². The van der Waals surface area contributed by atoms with E-state index in [1.165, 1.54) is 0 Å². The van der Waals surface area contributed by atoms with Crippen molar-refractivity contribution in [3.8, 4) is 5.75 Å². The predicted molar refractivity (Wildman–Crippen MR) is 86.5 cm³/mol. The zero-order chi connectivity index (χ0) is 15.4. The van der Waals surface area contributed by atoms with Gasteiger partial charge in [-0.1, -0.05) is 12.1 Å². The van der Waals surface area contributed by atoms with Crippen LogP contribution in [0.25, 0.3) is 12.2 Å². The van der Waals surface area contributed by atoms with Crippen molar-refractivity contribution in [3.05, 3.63) is 65.1 Å². The van der Waals surface area contributed by atoms with Crippen LogP contribution in [0.3, 0.4) is 0 Å². The molecule has 0 saturated heterocycles. The van der Waals surface area contributed by atoms with E-state index in [0.717, 1.165) is 47.5 Å². The number of furan rings is 1. The van der Waals surface area contributed by atoms with Gasteiger partial charge in [-0.25, -0.2) is 0 Å². The van der Waals surface area contributed by atoms with Crippen molar-refractivity contribution in [2.75, 3.05) is 7.11 Å². The molecule has 1 heterocycles. The molecule has 1 fully saturated rings. The molecule has 1 aliphatic rings. The lowest BCUT2D eigenvalue weighted by Crippen LogP contribution is -2.12. The molecule has 0 radical (unpaired) electrons. The highest BCUT2D eigenvalue weighted by molar-refractivity contribution is 6.13. The van der Waals surface area contributed by atoms with Gasteiger partial charge in [0.25, 0.3) is 0 Å². The summed E-state index contributed by atoms with van der Waals surface area (Å²) in [6.45, 7) is 0. The number of benzene rings is 1. The third-order valence-corrected chi connectivity index (χ3v) is 3.79. The van der Waals surface area contributed by atoms with Gasteiger partial charge in [0.2, 0.25) is 0 Å². The quantitative estimate of drug-likeness (QED) is 0.782. The van der Waals surface area contributed by atoms with E-state index in [1.807, 2.05) is 48.6 Å². The summed E-state index contributed by atoms with van der Waals surface area (Å²) < 4.78 is 10.5. The molecule has 0 atom stereocenters. The van der Waals surface area contributed by atoms with Crippen LogP contribution in [-0.2, 0) is 4.79 Å². The maximum Gasteiger partial charge on any atom is 0.185 e. The summed E-state index contributed by atoms with van der Waals surface area (Å²) >= 11 is 0. The third kappa shape index (κ3) is 3.19. The first-order valence-electron chi connectivity index (χ1n) is 7.39. The van der Waals surface area contributed by atoms with Crippen LogP contribution >= 0.6 is 0 Å². The topological polar surface area (TPSA) is 39.4 Å². The largest absolute Gasteiger partial charge is 0.497 e. The van der Waals surface area contributed by atoms with E-state index in [0.29, 0.717) is 0 Å². The zero-order valence-electron chi connectivity index (χ0n) is 12.5. The lowest BCUT2D eigenvalue weighted by atomic mass is 9.87. The average Bonchev–Trinajstić information content (AvgIpc) is 3.05. The van der Waals surface area contributed by atoms with Crippen molar-refractivity contribution in [2.45, 2.75) is 19.3 Å². The Morgan fingerprint density at radius 2 is 1.77 bits per heavy atom. The third-order valence-electron chi connectivity index (χ3n) is 3.79. The molecule has 3 nitrogen and oxygen atoms in total. The number of rotatable bonds is 3. The highest BCUT2D eigenvalue weighted by Gasteiger charge is 2.20. The molecule has 112 valence electrons. The molecule has 0 spiro atoms. The Morgan fingerprint density at radius 1 is 1.05 bits per heavy atom. The minimum atomic E-state index is 0.124. The molecular formula is C19H18O3. The molecule has 0 unspecified atom stereocenters. The van der Waals surface area contributed by atoms with Gasteiger partial charge in [0, 0.05) is 11.1 Å². The number of methoxy groups -OCH3 is 1. The highest BCUT2D eigenvalue weighted by atomic mass is 16.5. The van der Waals surface area contributed by atoms with Gasteiger partial charge in [-0.15, -0.1) is 0 Å². The van der Waals surface area contributed by atoms with Gasteiger partial charge in [-0.2, -0.15) is 0 Å². The van der Waals surface area contributed by atoms with Gasteiger partial charge in [0.1, 0.15) is 11.5 Å². The van der Waals surface area contributed by atoms with Crippen LogP contribution in [0.15, 0.2) is 58.2 Å². The van der Waals surface area contributed by atoms with Gasteiger partial charge in [0.05, 0.1) is 13.4 Å². The molecule has 0 N–H and O–H groups in total. The number of allylic oxidation sites excluding steroid dienone is 2. The van der Waals surface area contributed by atoms with Crippen molar-refractivity contribution >= 4 is 17.9 Å². The van der Waals surface area contributed by atoms with Crippen LogP contribution in [0, 0.1) is 0 Å². The smallest absolute Gasteiger partial charge is 0.185 e. The Morgan fingerprint density at radius 3 is 2.41 bits per heavy atom. The van der Waals surface area contributed by atoms with Crippen molar-refractivity contribution in [1.82, 2.24) is 0 Å². The molecule has 0 aliphatic heterocycles. The summed E-state index contributed by atoms with van der Waals surface area (Å²) in [6.07, 6.45) is 8.05. The predicted octanol–water partition coefficient (Wildman–Crippen LogP) is 4.51. The van der Waals surface area contributed by atoms with E-state index >= 15 is 0 Å². The maximum atomic E-state index is 12.6. The minimum Gasteiger partial charge on any atom is -0.497 e. The summed E-state index contributed by atoms with van der Waals surface area (Å²) in [5.41, 5.74) is 2.69. The first-order valence-corrected chi connectivity index (χ1v) is 7.39. The van der Waals surface area contributed by atoms with Gasteiger partial charge in [-0.3, -0.25) is 4.79 Å². The molecule has 2 aromatic rings. The first kappa shape index (κ1) is 14.4. The molecule has 1 aromatic heterocycles. The molecule has 3 rings (SSSR count). The number of hydrogen-bond acceptors (Lipinski definition) is 3. The van der Waals surface area contributed by atoms with Crippen LogP contribution in [0.1, 0.15) is 30.6 Å². The number of carbonyl (C=O) groups is 1. The Labute approximate surface area is 129 Å². The van der Waals surface area contributed by atoms with Gasteiger partial charge >= 0.3 is 0 Å². The second-order valence-electron chi connectivity index (χ2n) is 5.31. The monoisotopic (exact) mass is 294 g/mol. The lowest BCUT2D eigenvalue weighted by Gasteiger charge is -2.16. The van der Waals surface area contributed by atoms with Crippen LogP contribution in [-0.4, -0.2) is 12.9 Å². The van der Waals surface area contributed by atoms with Crippen molar-refractivity contribution in [2.24, 2.45) is 0 Å². The molecule has 1 aliphatic carbocycles. The number of ketones is 1. The number of hydrogen-bond donors (Lipinski definition) is 0. The average molecular weight is 294 g/mol. The van der Waals surface area contributed by atoms with E-state index in [4.69, 9.17) is 9.15 Å². The fourth-order valence-electron chi connectivity index (χ4n) is 2.62. The molecule has 1 saturated carbocycles. The number of carbonyl (C=O) groups excluding carboxylic acids is 1. The second kappa shape index (κ2) is 6.48. The highest BCUT2D eigenvalue weighted by Crippen LogP contribution is 2.28. The summed E-state index contributed by atoms with van der Waals surface area (Å²) in [4.78, 5) is 12.6. The summed E-state index contributed by atoms with van der Waals surface area (Å²) in [6, 6.07) is 11.4. The molecule has 22 heavy (non-hydrogen) atoms. The van der Waals surface area contributed by atoms with E-state index in [2.05, 4.69) is 0 Å². The van der Waals surface area contributed by atoms with Crippen molar-refractivity contribution in [1.29, 1.82) is 0 Å². The molecule has 3 heteroatoms. The van der Waals surface area contributed by atoms with E-state index in [1.54, 1.807) is 13.4 Å². The Kier molecular flexibility index (Phi) is 4.24. The number of ether oxygens (including phenoxy) is 1. The van der Waals surface area contributed by atoms with Gasteiger partial charge < -0.3 is 9.15 Å². The van der Waals surface area contributed by atoms with Gasteiger partial charge in [0.15, 0.2) is 5.78 Å². The Hall–Kier alpha value is -2.55. The zero-order valence-corrected chi connectivity index (χ0v) is 12.5. The van der Waals surface area contributed by atoms with Crippen LogP contribution in [0.5, 0.6) is 5.75 Å². The maximum absolute atomic E-state index is 12.6. The molecule has 0 amide bonds. The Bertz CT molecular complexity index is 704. The second-order valence-corrected chi connectivity index (χ2v) is 5.31. The summed E-state index contributed by atoms with van der Waals surface area (Å²) in [7, 11) is 1.64. The van der Waals surface area contributed by atoms with Crippen LogP contribution in [0.2, 0.25) is 0 Å². The van der Waals surface area contributed by atoms with E-state index < -0.39 is 0 Å². The standard InChI is InChI=1S/C19H18O3/c1-21-17-9-7-14(8-10-17)12-15-4-2-5-16(19(15)20)13-18-6-3-11-22-18/h3,6-13H,2,4-5H2,1H3. The van der Waals surface area contributed by atoms with Crippen LogP contribution in [0.4, 0.5) is 0 Å². The molecule has 1 aromatic carbocycles. The SMILES string of the molecule is COc1ccc(C=C2CCCC(=Cc3ccco3)C2=O)cc1. The van der Waals surface area contributed by atoms with Crippen molar-refractivity contribution < 1.29 is 13.9 Å². The molecule has 0 bridgehead atoms. The summed E-state index contributed by atoms with van der Waals surface area (Å²) in [5.74, 6) is 1.67. The number of Topliss-reactive ketones (excluding diaryl/α,β-unsaturated/α-hetero) is 1. The normalized spacial score (nSPS) is 18.9. The fraction of sp³-hybridized carbons (Fsp3) is 0.211. The summed E-state index contributed by atoms with van der Waals surface area (Å²) in [5, 5.41) is 0. The van der Waals surface area contributed by atoms with Gasteiger partial charge in [-0.05, 0) is 61.2 Å². The van der Waals surface area contributed by atoms with Crippen LogP contribution < -0.4 is 4.74 Å². The lowest BCUT2D eigenvalue weighted by molar-refractivity contribution is -0.112. The minimum absolute atomic E-state index is 0.124. The fourth-order valence-corrected chi connectivity index (χ4v) is 2.62. The van der Waals surface area contributed by atoms with E-state index in [9.17, 15) is 4.79 Å². The molecular weight excluding hydrogens is 276 g/mol. The first-order chi connectivity index (χ1) is 10.8.